The zero-order valence-corrected chi connectivity index (χ0v) is 25.9. The summed E-state index contributed by atoms with van der Waals surface area (Å²) in [6.07, 6.45) is 0.325. The molecule has 0 unspecified atom stereocenters. The lowest BCUT2D eigenvalue weighted by Gasteiger charge is -2.34. The van der Waals surface area contributed by atoms with Gasteiger partial charge in [-0.25, -0.2) is 8.42 Å². The fourth-order valence-corrected chi connectivity index (χ4v) is 5.89. The van der Waals surface area contributed by atoms with Gasteiger partial charge in [0.2, 0.25) is 11.8 Å². The molecule has 0 aliphatic carbocycles. The Morgan fingerprint density at radius 3 is 2.17 bits per heavy atom. The number of carbonyl (C=O) groups excluding carboxylic acids is 2. The number of halogens is 1. The van der Waals surface area contributed by atoms with E-state index in [2.05, 4.69) is 5.32 Å². The summed E-state index contributed by atoms with van der Waals surface area (Å²) in [6, 6.07) is 19.1. The van der Waals surface area contributed by atoms with Gasteiger partial charge in [-0.3, -0.25) is 13.9 Å². The molecule has 3 aromatic carbocycles. The minimum atomic E-state index is -4.17. The Morgan fingerprint density at radius 1 is 1.00 bits per heavy atom. The summed E-state index contributed by atoms with van der Waals surface area (Å²) >= 11 is 6.23. The fraction of sp³-hybridized carbons (Fsp3) is 0.355. The zero-order chi connectivity index (χ0) is 30.4. The van der Waals surface area contributed by atoms with Gasteiger partial charge in [-0.2, -0.15) is 0 Å². The molecule has 0 radical (unpaired) electrons. The number of aryl methyl sites for hydroxylation is 1. The summed E-state index contributed by atoms with van der Waals surface area (Å²) in [6.45, 7) is 8.82. The standard InChI is InChI=1S/C31H38ClN3O5S/c1-7-28(30(37)33-31(3,4)5)34(20-23-13-15-26(40-6)16-14-23)29(36)21-35(25-10-8-9-24(32)19-25)41(38,39)27-17-11-22(2)12-18-27/h8-19,28H,7,20-21H2,1-6H3,(H,33,37)/t28-/m1/s1. The second kappa shape index (κ2) is 13.4. The monoisotopic (exact) mass is 599 g/mol. The minimum absolute atomic E-state index is 0.0371. The van der Waals surface area contributed by atoms with Crippen LogP contribution in [0.15, 0.2) is 77.7 Å². The lowest BCUT2D eigenvalue weighted by Crippen LogP contribution is -2.55. The molecule has 0 aliphatic heterocycles. The topological polar surface area (TPSA) is 96.0 Å². The van der Waals surface area contributed by atoms with Crippen molar-refractivity contribution in [1.29, 1.82) is 0 Å². The highest BCUT2D eigenvalue weighted by Gasteiger charge is 2.34. The van der Waals surface area contributed by atoms with Crippen LogP contribution in [0.25, 0.3) is 0 Å². The molecule has 8 nitrogen and oxygen atoms in total. The molecule has 1 N–H and O–H groups in total. The molecular weight excluding hydrogens is 562 g/mol. The molecular formula is C31H38ClN3O5S. The molecule has 2 amide bonds. The molecule has 0 heterocycles. The summed E-state index contributed by atoms with van der Waals surface area (Å²) in [5, 5.41) is 3.29. The van der Waals surface area contributed by atoms with Crippen molar-refractivity contribution >= 4 is 39.1 Å². The molecule has 0 aromatic heterocycles. The maximum Gasteiger partial charge on any atom is 0.264 e. The van der Waals surface area contributed by atoms with Crippen molar-refractivity contribution in [2.75, 3.05) is 18.0 Å². The number of benzene rings is 3. The van der Waals surface area contributed by atoms with Gasteiger partial charge in [0.15, 0.2) is 0 Å². The number of sulfonamides is 1. The third-order valence-corrected chi connectivity index (χ3v) is 8.40. The molecule has 0 spiro atoms. The number of nitrogens with one attached hydrogen (secondary N) is 1. The third kappa shape index (κ3) is 8.47. The van der Waals surface area contributed by atoms with E-state index < -0.39 is 34.1 Å². The fourth-order valence-electron chi connectivity index (χ4n) is 4.30. The number of hydrogen-bond acceptors (Lipinski definition) is 5. The largest absolute Gasteiger partial charge is 0.497 e. The number of nitrogens with zero attached hydrogens (tertiary/aromatic N) is 2. The lowest BCUT2D eigenvalue weighted by molar-refractivity contribution is -0.141. The Hall–Kier alpha value is -3.56. The summed E-state index contributed by atoms with van der Waals surface area (Å²) in [5.41, 5.74) is 1.37. The first-order chi connectivity index (χ1) is 19.2. The Kier molecular flexibility index (Phi) is 10.4. The van der Waals surface area contributed by atoms with Gasteiger partial charge >= 0.3 is 0 Å². The molecule has 0 saturated carbocycles. The Morgan fingerprint density at radius 2 is 1.63 bits per heavy atom. The molecule has 3 rings (SSSR count). The second-order valence-corrected chi connectivity index (χ2v) is 13.1. The Bertz CT molecular complexity index is 1450. The van der Waals surface area contributed by atoms with Crippen molar-refractivity contribution in [3.8, 4) is 5.75 Å². The van der Waals surface area contributed by atoms with Crippen molar-refractivity contribution < 1.29 is 22.7 Å². The Labute approximate surface area is 248 Å². The number of hydrogen-bond donors (Lipinski definition) is 1. The van der Waals surface area contributed by atoms with Crippen LogP contribution in [0.4, 0.5) is 5.69 Å². The van der Waals surface area contributed by atoms with Gasteiger partial charge in [-0.05, 0) is 82.1 Å². The first-order valence-corrected chi connectivity index (χ1v) is 15.2. The van der Waals surface area contributed by atoms with E-state index in [4.69, 9.17) is 16.3 Å². The van der Waals surface area contributed by atoms with E-state index >= 15 is 0 Å². The van der Waals surface area contributed by atoms with Gasteiger partial charge < -0.3 is 15.0 Å². The van der Waals surface area contributed by atoms with Gasteiger partial charge in [0.25, 0.3) is 10.0 Å². The van der Waals surface area contributed by atoms with Crippen LogP contribution >= 0.6 is 11.6 Å². The predicted molar refractivity (Wildman–Crippen MR) is 163 cm³/mol. The molecule has 0 saturated heterocycles. The number of carbonyl (C=O) groups is 2. The van der Waals surface area contributed by atoms with Crippen LogP contribution < -0.4 is 14.4 Å². The molecule has 220 valence electrons. The van der Waals surface area contributed by atoms with Gasteiger partial charge in [0.05, 0.1) is 17.7 Å². The average molecular weight is 600 g/mol. The molecule has 1 atom stereocenters. The van der Waals surface area contributed by atoms with E-state index in [1.165, 1.54) is 23.1 Å². The number of methoxy groups -OCH3 is 1. The molecule has 0 fully saturated rings. The highest BCUT2D eigenvalue weighted by Crippen LogP contribution is 2.27. The van der Waals surface area contributed by atoms with Crippen molar-refractivity contribution in [3.63, 3.8) is 0 Å². The summed E-state index contributed by atoms with van der Waals surface area (Å²) in [4.78, 5) is 29.0. The van der Waals surface area contributed by atoms with Gasteiger partial charge in [0, 0.05) is 17.1 Å². The SMILES string of the molecule is CC[C@H](C(=O)NC(C)(C)C)N(Cc1ccc(OC)cc1)C(=O)CN(c1cccc(Cl)c1)S(=O)(=O)c1ccc(C)cc1. The van der Waals surface area contributed by atoms with E-state index in [-0.39, 0.29) is 23.0 Å². The van der Waals surface area contributed by atoms with Crippen LogP contribution in [0.5, 0.6) is 5.75 Å². The van der Waals surface area contributed by atoms with Gasteiger partial charge in [-0.1, -0.05) is 54.4 Å². The average Bonchev–Trinajstić information content (AvgIpc) is 2.91. The van der Waals surface area contributed by atoms with Crippen molar-refractivity contribution in [1.82, 2.24) is 10.2 Å². The third-order valence-electron chi connectivity index (χ3n) is 6.38. The highest BCUT2D eigenvalue weighted by atomic mass is 35.5. The quantitative estimate of drug-likeness (QED) is 0.311. The number of amides is 2. The minimum Gasteiger partial charge on any atom is -0.497 e. The lowest BCUT2D eigenvalue weighted by atomic mass is 10.1. The number of anilines is 1. The van der Waals surface area contributed by atoms with Gasteiger partial charge in [0.1, 0.15) is 18.3 Å². The van der Waals surface area contributed by atoms with Crippen LogP contribution in [0.1, 0.15) is 45.2 Å². The first kappa shape index (κ1) is 32.0. The normalized spacial score (nSPS) is 12.4. The van der Waals surface area contributed by atoms with Crippen molar-refractivity contribution in [2.45, 2.75) is 64.1 Å². The molecule has 3 aromatic rings. The predicted octanol–water partition coefficient (Wildman–Crippen LogP) is 5.57. The van der Waals surface area contributed by atoms with Crippen LogP contribution in [-0.4, -0.2) is 50.4 Å². The summed E-state index contributed by atoms with van der Waals surface area (Å²) in [5.74, 6) is -0.203. The Balaban J connectivity index is 2.07. The zero-order valence-electron chi connectivity index (χ0n) is 24.3. The van der Waals surface area contributed by atoms with Gasteiger partial charge in [-0.15, -0.1) is 0 Å². The van der Waals surface area contributed by atoms with E-state index in [9.17, 15) is 18.0 Å². The van der Waals surface area contributed by atoms with Crippen molar-refractivity contribution in [2.24, 2.45) is 0 Å². The van der Waals surface area contributed by atoms with Crippen molar-refractivity contribution in [3.05, 3.63) is 88.9 Å². The van der Waals surface area contributed by atoms with E-state index in [0.717, 1.165) is 15.4 Å². The first-order valence-electron chi connectivity index (χ1n) is 13.3. The number of rotatable bonds is 11. The maximum absolute atomic E-state index is 14.1. The van der Waals surface area contributed by atoms with Crippen LogP contribution in [0, 0.1) is 6.92 Å². The summed E-state index contributed by atoms with van der Waals surface area (Å²) < 4.78 is 34.1. The van der Waals surface area contributed by atoms with E-state index in [0.29, 0.717) is 17.2 Å². The smallest absolute Gasteiger partial charge is 0.264 e. The van der Waals surface area contributed by atoms with Crippen LogP contribution in [0.2, 0.25) is 5.02 Å². The maximum atomic E-state index is 14.1. The number of ether oxygens (including phenoxy) is 1. The summed E-state index contributed by atoms with van der Waals surface area (Å²) in [7, 11) is -2.61. The molecule has 10 heteroatoms. The molecule has 0 bridgehead atoms. The van der Waals surface area contributed by atoms with E-state index in [1.54, 1.807) is 49.6 Å². The molecule has 0 aliphatic rings. The molecule has 41 heavy (non-hydrogen) atoms. The van der Waals surface area contributed by atoms with E-state index in [1.807, 2.05) is 46.8 Å². The van der Waals surface area contributed by atoms with Crippen LogP contribution in [-0.2, 0) is 26.2 Å². The van der Waals surface area contributed by atoms with Crippen LogP contribution in [0.3, 0.4) is 0 Å². The second-order valence-electron chi connectivity index (χ2n) is 10.8. The highest BCUT2D eigenvalue weighted by molar-refractivity contribution is 7.92.